The van der Waals surface area contributed by atoms with E-state index in [1.54, 1.807) is 0 Å². The van der Waals surface area contributed by atoms with Crippen LogP contribution in [0.3, 0.4) is 0 Å². The minimum Gasteiger partial charge on any atom is -0.385 e. The van der Waals surface area contributed by atoms with Gasteiger partial charge in [-0.05, 0) is 37.5 Å². The van der Waals surface area contributed by atoms with E-state index in [1.165, 1.54) is 0 Å². The van der Waals surface area contributed by atoms with Gasteiger partial charge in [0, 0.05) is 25.4 Å². The molecule has 0 spiro atoms. The van der Waals surface area contributed by atoms with Crippen molar-refractivity contribution in [1.29, 1.82) is 0 Å². The molecule has 0 aliphatic rings. The van der Waals surface area contributed by atoms with E-state index in [0.717, 1.165) is 24.4 Å². The van der Waals surface area contributed by atoms with Gasteiger partial charge in [-0.15, -0.1) is 0 Å². The zero-order valence-corrected chi connectivity index (χ0v) is 13.0. The number of hydrogen-bond acceptors (Lipinski definition) is 3. The van der Waals surface area contributed by atoms with E-state index < -0.39 is 0 Å². The molecule has 4 heteroatoms. The SMILES string of the molecule is CCNc1cc(C)ccc1C(=O)NCCOCC(C)C. The summed E-state index contributed by atoms with van der Waals surface area (Å²) >= 11 is 0. The highest BCUT2D eigenvalue weighted by atomic mass is 16.5. The molecule has 4 nitrogen and oxygen atoms in total. The Labute approximate surface area is 121 Å². The molecule has 0 unspecified atom stereocenters. The largest absolute Gasteiger partial charge is 0.385 e. The number of ether oxygens (including phenoxy) is 1. The quantitative estimate of drug-likeness (QED) is 0.719. The fraction of sp³-hybridized carbons (Fsp3) is 0.562. The molecule has 20 heavy (non-hydrogen) atoms. The molecule has 112 valence electrons. The summed E-state index contributed by atoms with van der Waals surface area (Å²) in [7, 11) is 0. The van der Waals surface area contributed by atoms with Crippen LogP contribution in [0.1, 0.15) is 36.7 Å². The number of rotatable bonds is 8. The molecular formula is C16H26N2O2. The maximum absolute atomic E-state index is 12.1. The molecule has 1 aromatic rings. The van der Waals surface area contributed by atoms with Crippen LogP contribution >= 0.6 is 0 Å². The third-order valence-corrected chi connectivity index (χ3v) is 2.77. The molecule has 0 saturated carbocycles. The van der Waals surface area contributed by atoms with Gasteiger partial charge in [-0.3, -0.25) is 4.79 Å². The zero-order chi connectivity index (χ0) is 15.0. The molecule has 1 rings (SSSR count). The van der Waals surface area contributed by atoms with Crippen molar-refractivity contribution in [2.75, 3.05) is 31.6 Å². The lowest BCUT2D eigenvalue weighted by Crippen LogP contribution is -2.28. The van der Waals surface area contributed by atoms with Crippen molar-refractivity contribution in [3.63, 3.8) is 0 Å². The van der Waals surface area contributed by atoms with E-state index in [4.69, 9.17) is 4.74 Å². The Bertz CT molecular complexity index is 430. The fourth-order valence-electron chi connectivity index (χ4n) is 1.84. The average molecular weight is 278 g/mol. The zero-order valence-electron chi connectivity index (χ0n) is 13.0. The lowest BCUT2D eigenvalue weighted by molar-refractivity contribution is 0.0887. The standard InChI is InChI=1S/C16H26N2O2/c1-5-17-15-10-13(4)6-7-14(15)16(19)18-8-9-20-11-12(2)3/h6-7,10,12,17H,5,8-9,11H2,1-4H3,(H,18,19). The lowest BCUT2D eigenvalue weighted by Gasteiger charge is -2.12. The van der Waals surface area contributed by atoms with Crippen molar-refractivity contribution in [3.8, 4) is 0 Å². The van der Waals surface area contributed by atoms with Gasteiger partial charge in [0.25, 0.3) is 5.91 Å². The summed E-state index contributed by atoms with van der Waals surface area (Å²) < 4.78 is 5.45. The van der Waals surface area contributed by atoms with Crippen molar-refractivity contribution in [2.45, 2.75) is 27.7 Å². The molecule has 0 heterocycles. The van der Waals surface area contributed by atoms with Crippen LogP contribution in [0.15, 0.2) is 18.2 Å². The predicted octanol–water partition coefficient (Wildman–Crippen LogP) is 2.83. The fourth-order valence-corrected chi connectivity index (χ4v) is 1.84. The Hall–Kier alpha value is -1.55. The molecular weight excluding hydrogens is 252 g/mol. The normalized spacial score (nSPS) is 10.7. The van der Waals surface area contributed by atoms with Crippen molar-refractivity contribution < 1.29 is 9.53 Å². The van der Waals surface area contributed by atoms with E-state index in [1.807, 2.05) is 32.0 Å². The molecule has 0 atom stereocenters. The number of anilines is 1. The Morgan fingerprint density at radius 2 is 2.10 bits per heavy atom. The second kappa shape index (κ2) is 8.59. The molecule has 1 aromatic carbocycles. The monoisotopic (exact) mass is 278 g/mol. The first-order chi connectivity index (χ1) is 9.54. The summed E-state index contributed by atoms with van der Waals surface area (Å²) in [5, 5.41) is 6.11. The van der Waals surface area contributed by atoms with Crippen LogP contribution in [0, 0.1) is 12.8 Å². The van der Waals surface area contributed by atoms with Gasteiger partial charge in [-0.25, -0.2) is 0 Å². The molecule has 2 N–H and O–H groups in total. The highest BCUT2D eigenvalue weighted by molar-refractivity contribution is 5.99. The van der Waals surface area contributed by atoms with Gasteiger partial charge in [0.2, 0.25) is 0 Å². The third-order valence-electron chi connectivity index (χ3n) is 2.77. The van der Waals surface area contributed by atoms with Gasteiger partial charge < -0.3 is 15.4 Å². The van der Waals surface area contributed by atoms with E-state index in [9.17, 15) is 4.79 Å². The minimum absolute atomic E-state index is 0.0610. The number of benzene rings is 1. The molecule has 0 saturated heterocycles. The molecule has 0 fully saturated rings. The first kappa shape index (κ1) is 16.5. The number of aryl methyl sites for hydroxylation is 1. The van der Waals surface area contributed by atoms with E-state index in [-0.39, 0.29) is 5.91 Å². The topological polar surface area (TPSA) is 50.4 Å². The summed E-state index contributed by atoms with van der Waals surface area (Å²) in [4.78, 5) is 12.1. The van der Waals surface area contributed by atoms with Gasteiger partial charge in [-0.2, -0.15) is 0 Å². The highest BCUT2D eigenvalue weighted by Gasteiger charge is 2.10. The number of carbonyl (C=O) groups is 1. The van der Waals surface area contributed by atoms with Crippen LogP contribution in [-0.4, -0.2) is 32.2 Å². The van der Waals surface area contributed by atoms with E-state index in [2.05, 4.69) is 24.5 Å². The summed E-state index contributed by atoms with van der Waals surface area (Å²) in [5.74, 6) is 0.456. The Balaban J connectivity index is 2.50. The van der Waals surface area contributed by atoms with Gasteiger partial charge >= 0.3 is 0 Å². The number of nitrogens with one attached hydrogen (secondary N) is 2. The summed E-state index contributed by atoms with van der Waals surface area (Å²) in [6.45, 7) is 10.8. The third kappa shape index (κ3) is 5.61. The van der Waals surface area contributed by atoms with Gasteiger partial charge in [0.1, 0.15) is 0 Å². The summed E-state index contributed by atoms with van der Waals surface area (Å²) in [6.07, 6.45) is 0. The predicted molar refractivity (Wildman–Crippen MR) is 83.3 cm³/mol. The molecule has 0 radical (unpaired) electrons. The maximum Gasteiger partial charge on any atom is 0.253 e. The molecule has 0 bridgehead atoms. The minimum atomic E-state index is -0.0610. The Morgan fingerprint density at radius 3 is 2.75 bits per heavy atom. The average Bonchev–Trinajstić information content (AvgIpc) is 2.38. The van der Waals surface area contributed by atoms with Crippen LogP contribution in [0.2, 0.25) is 0 Å². The van der Waals surface area contributed by atoms with Crippen LogP contribution < -0.4 is 10.6 Å². The van der Waals surface area contributed by atoms with Crippen LogP contribution in [-0.2, 0) is 4.74 Å². The van der Waals surface area contributed by atoms with Crippen molar-refractivity contribution in [1.82, 2.24) is 5.32 Å². The van der Waals surface area contributed by atoms with Gasteiger partial charge in [0.05, 0.1) is 12.2 Å². The molecule has 0 aromatic heterocycles. The number of hydrogen-bond donors (Lipinski definition) is 2. The van der Waals surface area contributed by atoms with Crippen molar-refractivity contribution in [2.24, 2.45) is 5.92 Å². The maximum atomic E-state index is 12.1. The summed E-state index contributed by atoms with van der Waals surface area (Å²) in [6, 6.07) is 5.80. The highest BCUT2D eigenvalue weighted by Crippen LogP contribution is 2.17. The summed E-state index contributed by atoms with van der Waals surface area (Å²) in [5.41, 5.74) is 2.70. The molecule has 0 aliphatic carbocycles. The Morgan fingerprint density at radius 1 is 1.35 bits per heavy atom. The second-order valence-electron chi connectivity index (χ2n) is 5.30. The van der Waals surface area contributed by atoms with Crippen molar-refractivity contribution >= 4 is 11.6 Å². The first-order valence-corrected chi connectivity index (χ1v) is 7.25. The van der Waals surface area contributed by atoms with Crippen LogP contribution in [0.5, 0.6) is 0 Å². The smallest absolute Gasteiger partial charge is 0.253 e. The second-order valence-corrected chi connectivity index (χ2v) is 5.30. The first-order valence-electron chi connectivity index (χ1n) is 7.25. The lowest BCUT2D eigenvalue weighted by atomic mass is 10.1. The molecule has 0 aliphatic heterocycles. The number of amides is 1. The van der Waals surface area contributed by atoms with E-state index >= 15 is 0 Å². The van der Waals surface area contributed by atoms with Gasteiger partial charge in [-0.1, -0.05) is 19.9 Å². The van der Waals surface area contributed by atoms with Gasteiger partial charge in [0.15, 0.2) is 0 Å². The van der Waals surface area contributed by atoms with Crippen LogP contribution in [0.25, 0.3) is 0 Å². The number of carbonyl (C=O) groups excluding carboxylic acids is 1. The van der Waals surface area contributed by atoms with Crippen LogP contribution in [0.4, 0.5) is 5.69 Å². The van der Waals surface area contributed by atoms with E-state index in [0.29, 0.717) is 24.6 Å². The molecule has 1 amide bonds. The Kier molecular flexibility index (Phi) is 7.09. The van der Waals surface area contributed by atoms with Crippen molar-refractivity contribution in [3.05, 3.63) is 29.3 Å².